The fraction of sp³-hybridized carbons (Fsp3) is 0.0500. The predicted octanol–water partition coefficient (Wildman–Crippen LogP) is 4.95. The zero-order valence-electron chi connectivity index (χ0n) is 14.7. The molecule has 1 aromatic heterocycles. The van der Waals surface area contributed by atoms with Gasteiger partial charge in [-0.15, -0.1) is 11.3 Å². The van der Waals surface area contributed by atoms with Gasteiger partial charge in [0.1, 0.15) is 5.82 Å². The van der Waals surface area contributed by atoms with E-state index in [4.69, 9.17) is 11.6 Å². The molecule has 0 aliphatic carbocycles. The van der Waals surface area contributed by atoms with E-state index in [2.05, 4.69) is 15.8 Å². The van der Waals surface area contributed by atoms with Crippen LogP contribution in [0, 0.1) is 5.82 Å². The lowest BCUT2D eigenvalue weighted by Gasteiger charge is -2.06. The smallest absolute Gasteiger partial charge is 0.271 e. The van der Waals surface area contributed by atoms with Crippen molar-refractivity contribution in [2.45, 2.75) is 6.92 Å². The third kappa shape index (κ3) is 5.03. The molecule has 0 saturated carbocycles. The maximum atomic E-state index is 12.9. The van der Waals surface area contributed by atoms with Gasteiger partial charge in [0, 0.05) is 11.3 Å². The first-order chi connectivity index (χ1) is 13.4. The van der Waals surface area contributed by atoms with Crippen LogP contribution in [0.5, 0.6) is 0 Å². The standard InChI is InChI=1S/C20H15ClFN3O2S/c1-12(24-25-19(26)14-2-6-15(22)7-3-14)13-4-8-16(9-5-13)23-20(27)17-10-11-18(21)28-17/h2-11H,1H3,(H,23,27)(H,25,26). The van der Waals surface area contributed by atoms with Crippen LogP contribution in [0.3, 0.4) is 0 Å². The normalized spacial score (nSPS) is 11.2. The molecular formula is C20H15ClFN3O2S. The minimum absolute atomic E-state index is 0.235. The van der Waals surface area contributed by atoms with Crippen molar-refractivity contribution >= 4 is 46.2 Å². The van der Waals surface area contributed by atoms with E-state index in [1.54, 1.807) is 43.3 Å². The topological polar surface area (TPSA) is 70.6 Å². The summed E-state index contributed by atoms with van der Waals surface area (Å²) in [6, 6.07) is 15.6. The summed E-state index contributed by atoms with van der Waals surface area (Å²) in [5.74, 6) is -1.08. The van der Waals surface area contributed by atoms with E-state index in [0.717, 1.165) is 5.56 Å². The molecule has 0 fully saturated rings. The van der Waals surface area contributed by atoms with Crippen molar-refractivity contribution in [1.29, 1.82) is 0 Å². The highest BCUT2D eigenvalue weighted by Gasteiger charge is 2.09. The van der Waals surface area contributed by atoms with Gasteiger partial charge < -0.3 is 5.32 Å². The van der Waals surface area contributed by atoms with E-state index in [1.165, 1.54) is 35.6 Å². The fourth-order valence-corrected chi connectivity index (χ4v) is 3.23. The van der Waals surface area contributed by atoms with Gasteiger partial charge in [-0.25, -0.2) is 9.82 Å². The van der Waals surface area contributed by atoms with Crippen molar-refractivity contribution in [3.63, 3.8) is 0 Å². The van der Waals surface area contributed by atoms with Gasteiger partial charge in [-0.2, -0.15) is 5.10 Å². The van der Waals surface area contributed by atoms with Gasteiger partial charge in [0.2, 0.25) is 0 Å². The molecule has 8 heteroatoms. The number of carbonyl (C=O) groups excluding carboxylic acids is 2. The Kier molecular flexibility index (Phi) is 6.18. The van der Waals surface area contributed by atoms with E-state index < -0.39 is 11.7 Å². The van der Waals surface area contributed by atoms with Gasteiger partial charge in [-0.3, -0.25) is 9.59 Å². The summed E-state index contributed by atoms with van der Waals surface area (Å²) in [5, 5.41) is 6.84. The summed E-state index contributed by atoms with van der Waals surface area (Å²) in [5.41, 5.74) is 4.73. The monoisotopic (exact) mass is 415 g/mol. The molecule has 28 heavy (non-hydrogen) atoms. The molecule has 0 radical (unpaired) electrons. The molecule has 2 amide bonds. The first kappa shape index (κ1) is 19.7. The van der Waals surface area contributed by atoms with Crippen LogP contribution in [0.15, 0.2) is 65.8 Å². The lowest BCUT2D eigenvalue weighted by Crippen LogP contribution is -2.19. The average molecular weight is 416 g/mol. The van der Waals surface area contributed by atoms with E-state index in [9.17, 15) is 14.0 Å². The zero-order chi connectivity index (χ0) is 20.1. The van der Waals surface area contributed by atoms with E-state index >= 15 is 0 Å². The Balaban J connectivity index is 1.61. The number of hydrogen-bond acceptors (Lipinski definition) is 4. The second-order valence-corrected chi connectivity index (χ2v) is 7.50. The van der Waals surface area contributed by atoms with Crippen molar-refractivity contribution in [2.75, 3.05) is 5.32 Å². The second-order valence-electron chi connectivity index (χ2n) is 5.78. The summed E-state index contributed by atoms with van der Waals surface area (Å²) in [4.78, 5) is 24.7. The van der Waals surface area contributed by atoms with Crippen molar-refractivity contribution < 1.29 is 14.0 Å². The largest absolute Gasteiger partial charge is 0.321 e. The van der Waals surface area contributed by atoms with E-state index in [0.29, 0.717) is 26.2 Å². The van der Waals surface area contributed by atoms with Gasteiger partial charge in [0.25, 0.3) is 11.8 Å². The molecule has 3 rings (SSSR count). The van der Waals surface area contributed by atoms with E-state index in [-0.39, 0.29) is 5.91 Å². The van der Waals surface area contributed by atoms with Crippen LogP contribution in [0.1, 0.15) is 32.5 Å². The van der Waals surface area contributed by atoms with Gasteiger partial charge in [-0.1, -0.05) is 23.7 Å². The van der Waals surface area contributed by atoms with Crippen LogP contribution < -0.4 is 10.7 Å². The molecule has 0 aliphatic heterocycles. The highest BCUT2D eigenvalue weighted by molar-refractivity contribution is 7.18. The van der Waals surface area contributed by atoms with Gasteiger partial charge in [0.05, 0.1) is 14.9 Å². The number of anilines is 1. The lowest BCUT2D eigenvalue weighted by atomic mass is 10.1. The number of amides is 2. The molecule has 0 atom stereocenters. The molecule has 5 nitrogen and oxygen atoms in total. The average Bonchev–Trinajstić information content (AvgIpc) is 3.13. The molecule has 1 heterocycles. The minimum Gasteiger partial charge on any atom is -0.321 e. The highest BCUT2D eigenvalue weighted by Crippen LogP contribution is 2.22. The van der Waals surface area contributed by atoms with Crippen molar-refractivity contribution in [1.82, 2.24) is 5.43 Å². The van der Waals surface area contributed by atoms with E-state index in [1.807, 2.05) is 0 Å². The van der Waals surface area contributed by atoms with Crippen LogP contribution in [0.2, 0.25) is 4.34 Å². The van der Waals surface area contributed by atoms with Crippen LogP contribution >= 0.6 is 22.9 Å². The molecule has 0 aliphatic rings. The summed E-state index contributed by atoms with van der Waals surface area (Å²) in [6.07, 6.45) is 0. The van der Waals surface area contributed by atoms with Gasteiger partial charge >= 0.3 is 0 Å². The lowest BCUT2D eigenvalue weighted by molar-refractivity contribution is 0.0954. The Morgan fingerprint density at radius 1 is 0.929 bits per heavy atom. The third-order valence-corrected chi connectivity index (χ3v) is 5.02. The summed E-state index contributed by atoms with van der Waals surface area (Å²) >= 11 is 7.04. The Morgan fingerprint density at radius 2 is 1.57 bits per heavy atom. The maximum Gasteiger partial charge on any atom is 0.271 e. The molecule has 0 saturated heterocycles. The summed E-state index contributed by atoms with van der Waals surface area (Å²) in [7, 11) is 0. The van der Waals surface area contributed by atoms with Crippen LogP contribution in [-0.2, 0) is 0 Å². The second kappa shape index (κ2) is 8.77. The number of hydrogen-bond donors (Lipinski definition) is 2. The highest BCUT2D eigenvalue weighted by atomic mass is 35.5. The van der Waals surface area contributed by atoms with Gasteiger partial charge in [0.15, 0.2) is 0 Å². The first-order valence-corrected chi connectivity index (χ1v) is 9.39. The van der Waals surface area contributed by atoms with Gasteiger partial charge in [-0.05, 0) is 61.0 Å². The first-order valence-electron chi connectivity index (χ1n) is 8.20. The molecule has 2 N–H and O–H groups in total. The Hall–Kier alpha value is -3.03. The molecule has 0 spiro atoms. The Labute approximate surface area is 169 Å². The fourth-order valence-electron chi connectivity index (χ4n) is 2.29. The minimum atomic E-state index is -0.433. The number of benzene rings is 2. The molecule has 142 valence electrons. The molecule has 2 aromatic carbocycles. The molecular weight excluding hydrogens is 401 g/mol. The van der Waals surface area contributed by atoms with Crippen LogP contribution in [0.25, 0.3) is 0 Å². The predicted molar refractivity (Wildman–Crippen MR) is 110 cm³/mol. The maximum absolute atomic E-state index is 12.9. The zero-order valence-corrected chi connectivity index (χ0v) is 16.3. The summed E-state index contributed by atoms with van der Waals surface area (Å²) in [6.45, 7) is 1.74. The number of thiophene rings is 1. The number of nitrogens with one attached hydrogen (secondary N) is 2. The number of halogens is 2. The summed E-state index contributed by atoms with van der Waals surface area (Å²) < 4.78 is 13.5. The van der Waals surface area contributed by atoms with Crippen molar-refractivity contribution in [2.24, 2.45) is 5.10 Å². The molecule has 0 unspecified atom stereocenters. The van der Waals surface area contributed by atoms with Crippen molar-refractivity contribution in [3.8, 4) is 0 Å². The molecule has 3 aromatic rings. The Bertz CT molecular complexity index is 1030. The number of rotatable bonds is 5. The Morgan fingerprint density at radius 3 is 2.18 bits per heavy atom. The van der Waals surface area contributed by atoms with Crippen LogP contribution in [-0.4, -0.2) is 17.5 Å². The number of nitrogens with zero attached hydrogens (tertiary/aromatic N) is 1. The quantitative estimate of drug-likeness (QED) is 0.457. The van der Waals surface area contributed by atoms with Crippen molar-refractivity contribution in [3.05, 3.63) is 86.8 Å². The van der Waals surface area contributed by atoms with Crippen LogP contribution in [0.4, 0.5) is 10.1 Å². The third-order valence-electron chi connectivity index (χ3n) is 3.79. The number of hydrazone groups is 1. The number of carbonyl (C=O) groups is 2. The molecule has 0 bridgehead atoms. The SMILES string of the molecule is CC(=NNC(=O)c1ccc(F)cc1)c1ccc(NC(=O)c2ccc(Cl)s2)cc1.